The van der Waals surface area contributed by atoms with Crippen LogP contribution in [0.3, 0.4) is 0 Å². The Morgan fingerprint density at radius 3 is 2.93 bits per heavy atom. The molecule has 84 valence electrons. The summed E-state index contributed by atoms with van der Waals surface area (Å²) < 4.78 is 5.20. The standard InChI is InChI=1S/C12H19NO2/c1-12(8-15-12)11(14)10(13-2)7-9-5-3-4-6-9/h5,10,13H,3-4,6-8H2,1-2H3/t10-,12+/m0/s1. The number of ketones is 1. The number of ether oxygens (including phenoxy) is 1. The molecule has 2 aliphatic rings. The van der Waals surface area contributed by atoms with Crippen LogP contribution in [-0.4, -0.2) is 31.1 Å². The Morgan fingerprint density at radius 1 is 1.73 bits per heavy atom. The van der Waals surface area contributed by atoms with Crippen LogP contribution in [0.1, 0.15) is 32.6 Å². The van der Waals surface area contributed by atoms with Gasteiger partial charge in [0.05, 0.1) is 12.6 Å². The van der Waals surface area contributed by atoms with Gasteiger partial charge in [0.1, 0.15) is 5.60 Å². The van der Waals surface area contributed by atoms with E-state index in [0.717, 1.165) is 12.8 Å². The summed E-state index contributed by atoms with van der Waals surface area (Å²) in [5.74, 6) is 0.206. The molecule has 1 fully saturated rings. The van der Waals surface area contributed by atoms with Crippen molar-refractivity contribution < 1.29 is 9.53 Å². The first-order valence-electron chi connectivity index (χ1n) is 5.69. The van der Waals surface area contributed by atoms with Crippen LogP contribution >= 0.6 is 0 Å². The molecular weight excluding hydrogens is 190 g/mol. The van der Waals surface area contributed by atoms with Gasteiger partial charge in [-0.05, 0) is 39.7 Å². The minimum atomic E-state index is -0.493. The number of hydrogen-bond acceptors (Lipinski definition) is 3. The van der Waals surface area contributed by atoms with Gasteiger partial charge in [0.25, 0.3) is 0 Å². The van der Waals surface area contributed by atoms with E-state index in [4.69, 9.17) is 4.74 Å². The van der Waals surface area contributed by atoms with E-state index in [2.05, 4.69) is 11.4 Å². The molecule has 3 heteroatoms. The lowest BCUT2D eigenvalue weighted by Crippen LogP contribution is -2.41. The molecule has 1 N–H and O–H groups in total. The van der Waals surface area contributed by atoms with Gasteiger partial charge < -0.3 is 10.1 Å². The van der Waals surface area contributed by atoms with Gasteiger partial charge >= 0.3 is 0 Å². The van der Waals surface area contributed by atoms with Gasteiger partial charge in [0.2, 0.25) is 0 Å². The van der Waals surface area contributed by atoms with Crippen LogP contribution in [0.25, 0.3) is 0 Å². The lowest BCUT2D eigenvalue weighted by molar-refractivity contribution is -0.125. The fourth-order valence-electron chi connectivity index (χ4n) is 2.13. The summed E-state index contributed by atoms with van der Waals surface area (Å²) in [6.07, 6.45) is 6.70. The van der Waals surface area contributed by atoms with Gasteiger partial charge in [0.15, 0.2) is 5.78 Å². The second-order valence-corrected chi connectivity index (χ2v) is 4.68. The quantitative estimate of drug-likeness (QED) is 0.550. The molecule has 0 aromatic rings. The predicted molar refractivity (Wildman–Crippen MR) is 58.8 cm³/mol. The van der Waals surface area contributed by atoms with E-state index < -0.39 is 5.60 Å². The summed E-state index contributed by atoms with van der Waals surface area (Å²) in [7, 11) is 1.85. The van der Waals surface area contributed by atoms with Crippen LogP contribution in [0.2, 0.25) is 0 Å². The molecule has 0 unspecified atom stereocenters. The van der Waals surface area contributed by atoms with E-state index in [-0.39, 0.29) is 11.8 Å². The molecular formula is C12H19NO2. The number of nitrogens with one attached hydrogen (secondary N) is 1. The summed E-state index contributed by atoms with van der Waals surface area (Å²) in [6, 6.07) is -0.0677. The second-order valence-electron chi connectivity index (χ2n) is 4.68. The molecule has 2 atom stereocenters. The number of allylic oxidation sites excluding steroid dienone is 1. The third-order valence-corrected chi connectivity index (χ3v) is 3.36. The van der Waals surface area contributed by atoms with Crippen LogP contribution in [0, 0.1) is 0 Å². The fraction of sp³-hybridized carbons (Fsp3) is 0.750. The molecule has 0 aromatic heterocycles. The Kier molecular flexibility index (Phi) is 2.94. The smallest absolute Gasteiger partial charge is 0.183 e. The molecule has 3 nitrogen and oxygen atoms in total. The fourth-order valence-corrected chi connectivity index (χ4v) is 2.13. The molecule has 1 saturated heterocycles. The van der Waals surface area contributed by atoms with E-state index >= 15 is 0 Å². The molecule has 0 radical (unpaired) electrons. The van der Waals surface area contributed by atoms with E-state index in [9.17, 15) is 4.79 Å². The van der Waals surface area contributed by atoms with E-state index in [0.29, 0.717) is 6.61 Å². The van der Waals surface area contributed by atoms with E-state index in [1.54, 1.807) is 0 Å². The number of Topliss-reactive ketones (excluding diaryl/α,β-unsaturated/α-hetero) is 1. The van der Waals surface area contributed by atoms with Crippen molar-refractivity contribution in [3.05, 3.63) is 11.6 Å². The lowest BCUT2D eigenvalue weighted by Gasteiger charge is -2.17. The number of hydrogen-bond donors (Lipinski definition) is 1. The summed E-state index contributed by atoms with van der Waals surface area (Å²) in [5, 5.41) is 3.10. The van der Waals surface area contributed by atoms with Gasteiger partial charge in [-0.3, -0.25) is 4.79 Å². The van der Waals surface area contributed by atoms with Crippen molar-refractivity contribution in [1.29, 1.82) is 0 Å². The van der Waals surface area contributed by atoms with Gasteiger partial charge in [-0.2, -0.15) is 0 Å². The Bertz CT molecular complexity index is 292. The zero-order chi connectivity index (χ0) is 10.9. The average molecular weight is 209 g/mol. The summed E-state index contributed by atoms with van der Waals surface area (Å²) in [4.78, 5) is 12.0. The SMILES string of the molecule is CN[C@@H](CC1=CCCC1)C(=O)[C@@]1(C)CO1. The highest BCUT2D eigenvalue weighted by Gasteiger charge is 2.49. The first kappa shape index (κ1) is 10.8. The first-order valence-corrected chi connectivity index (χ1v) is 5.69. The average Bonchev–Trinajstić information content (AvgIpc) is 2.80. The van der Waals surface area contributed by atoms with Crippen molar-refractivity contribution in [2.24, 2.45) is 0 Å². The zero-order valence-electron chi connectivity index (χ0n) is 9.51. The largest absolute Gasteiger partial charge is 0.362 e. The van der Waals surface area contributed by atoms with Crippen LogP contribution in [0.15, 0.2) is 11.6 Å². The Morgan fingerprint density at radius 2 is 2.47 bits per heavy atom. The summed E-state index contributed by atoms with van der Waals surface area (Å²) >= 11 is 0. The molecule has 0 bridgehead atoms. The lowest BCUT2D eigenvalue weighted by atomic mass is 9.95. The molecule has 0 saturated carbocycles. The van der Waals surface area contributed by atoms with Crippen molar-refractivity contribution in [2.45, 2.75) is 44.2 Å². The van der Waals surface area contributed by atoms with Gasteiger partial charge in [-0.1, -0.05) is 11.6 Å². The predicted octanol–water partition coefficient (Wildman–Crippen LogP) is 1.43. The molecule has 0 spiro atoms. The normalized spacial score (nSPS) is 31.2. The van der Waals surface area contributed by atoms with Crippen molar-refractivity contribution in [3.63, 3.8) is 0 Å². The van der Waals surface area contributed by atoms with Crippen LogP contribution < -0.4 is 5.32 Å². The topological polar surface area (TPSA) is 41.6 Å². The Labute approximate surface area is 90.9 Å². The number of epoxide rings is 1. The number of rotatable bonds is 5. The third-order valence-electron chi connectivity index (χ3n) is 3.36. The van der Waals surface area contributed by atoms with Crippen molar-refractivity contribution in [3.8, 4) is 0 Å². The van der Waals surface area contributed by atoms with Gasteiger partial charge in [-0.25, -0.2) is 0 Å². The summed E-state index contributed by atoms with van der Waals surface area (Å²) in [5.41, 5.74) is 0.930. The summed E-state index contributed by atoms with van der Waals surface area (Å²) in [6.45, 7) is 2.46. The Balaban J connectivity index is 1.94. The van der Waals surface area contributed by atoms with E-state index in [1.165, 1.54) is 18.4 Å². The zero-order valence-corrected chi connectivity index (χ0v) is 9.51. The van der Waals surface area contributed by atoms with Gasteiger partial charge in [-0.15, -0.1) is 0 Å². The molecule has 1 heterocycles. The van der Waals surface area contributed by atoms with Crippen LogP contribution in [0.5, 0.6) is 0 Å². The molecule has 15 heavy (non-hydrogen) atoms. The number of carbonyl (C=O) groups excluding carboxylic acids is 1. The van der Waals surface area contributed by atoms with Gasteiger partial charge in [0, 0.05) is 0 Å². The molecule has 1 aliphatic heterocycles. The van der Waals surface area contributed by atoms with Crippen LogP contribution in [-0.2, 0) is 9.53 Å². The highest BCUT2D eigenvalue weighted by molar-refractivity contribution is 5.94. The number of carbonyl (C=O) groups is 1. The molecule has 2 rings (SSSR count). The Hall–Kier alpha value is -0.670. The maximum absolute atomic E-state index is 12.0. The van der Waals surface area contributed by atoms with Crippen molar-refractivity contribution in [1.82, 2.24) is 5.32 Å². The minimum Gasteiger partial charge on any atom is -0.362 e. The molecule has 0 amide bonds. The second kappa shape index (κ2) is 4.06. The number of likely N-dealkylation sites (N-methyl/N-ethyl adjacent to an activating group) is 1. The molecule has 1 aliphatic carbocycles. The van der Waals surface area contributed by atoms with Crippen LogP contribution in [0.4, 0.5) is 0 Å². The highest BCUT2D eigenvalue weighted by Crippen LogP contribution is 2.31. The highest BCUT2D eigenvalue weighted by atomic mass is 16.6. The monoisotopic (exact) mass is 209 g/mol. The maximum Gasteiger partial charge on any atom is 0.183 e. The van der Waals surface area contributed by atoms with E-state index in [1.807, 2.05) is 14.0 Å². The van der Waals surface area contributed by atoms with Crippen molar-refractivity contribution >= 4 is 5.78 Å². The first-order chi connectivity index (χ1) is 7.15. The maximum atomic E-state index is 12.0. The van der Waals surface area contributed by atoms with Crippen molar-refractivity contribution in [2.75, 3.05) is 13.7 Å². The minimum absolute atomic E-state index is 0.0677. The third kappa shape index (κ3) is 2.29. The molecule has 0 aromatic carbocycles.